The van der Waals surface area contributed by atoms with E-state index in [-0.39, 0.29) is 5.97 Å². The van der Waals surface area contributed by atoms with Gasteiger partial charge in [-0.2, -0.15) is 0 Å². The Balaban J connectivity index is 2.13. The molecule has 0 saturated carbocycles. The van der Waals surface area contributed by atoms with Crippen LogP contribution in [0.1, 0.15) is 31.0 Å². The van der Waals surface area contributed by atoms with E-state index in [1.54, 1.807) is 6.07 Å². The first kappa shape index (κ1) is 15.2. The molecule has 0 aliphatic carbocycles. The number of halogens is 2. The third kappa shape index (κ3) is 3.10. The highest BCUT2D eigenvalue weighted by Gasteiger charge is 2.12. The van der Waals surface area contributed by atoms with Crippen LogP contribution < -0.4 is 0 Å². The van der Waals surface area contributed by atoms with Crippen molar-refractivity contribution in [3.8, 4) is 0 Å². The first-order valence-corrected chi connectivity index (χ1v) is 7.41. The maximum absolute atomic E-state index is 11.3. The Labute approximate surface area is 128 Å². The second-order valence-corrected chi connectivity index (χ2v) is 5.46. The lowest BCUT2D eigenvalue weighted by Crippen LogP contribution is -2.04. The van der Waals surface area contributed by atoms with Gasteiger partial charge in [-0.15, -0.1) is 0 Å². The SMILES string of the molecule is CCOC(=O)CCCc1[nH]c2c(Cl)c(Cl)ccc2c1C. The van der Waals surface area contributed by atoms with Crippen LogP contribution >= 0.6 is 23.2 Å². The van der Waals surface area contributed by atoms with Gasteiger partial charge in [0.1, 0.15) is 0 Å². The number of carbonyl (C=O) groups is 1. The van der Waals surface area contributed by atoms with E-state index in [4.69, 9.17) is 27.9 Å². The van der Waals surface area contributed by atoms with Crippen molar-refractivity contribution in [3.05, 3.63) is 33.4 Å². The van der Waals surface area contributed by atoms with Crippen LogP contribution in [0.25, 0.3) is 10.9 Å². The zero-order chi connectivity index (χ0) is 14.7. The Morgan fingerprint density at radius 3 is 2.80 bits per heavy atom. The first-order valence-electron chi connectivity index (χ1n) is 6.65. The average Bonchev–Trinajstić information content (AvgIpc) is 2.72. The maximum atomic E-state index is 11.3. The van der Waals surface area contributed by atoms with Gasteiger partial charge in [-0.25, -0.2) is 0 Å². The molecule has 0 spiro atoms. The molecule has 1 heterocycles. The van der Waals surface area contributed by atoms with Gasteiger partial charge in [0.2, 0.25) is 0 Å². The van der Waals surface area contributed by atoms with E-state index in [0.29, 0.717) is 23.1 Å². The summed E-state index contributed by atoms with van der Waals surface area (Å²) in [7, 11) is 0. The number of aromatic amines is 1. The van der Waals surface area contributed by atoms with Crippen LogP contribution in [0.5, 0.6) is 0 Å². The summed E-state index contributed by atoms with van der Waals surface area (Å²) >= 11 is 12.2. The maximum Gasteiger partial charge on any atom is 0.305 e. The van der Waals surface area contributed by atoms with Crippen molar-refractivity contribution >= 4 is 40.1 Å². The van der Waals surface area contributed by atoms with Crippen molar-refractivity contribution in [3.63, 3.8) is 0 Å². The van der Waals surface area contributed by atoms with E-state index in [1.165, 1.54) is 0 Å². The van der Waals surface area contributed by atoms with Crippen molar-refractivity contribution in [2.24, 2.45) is 0 Å². The highest BCUT2D eigenvalue weighted by Crippen LogP contribution is 2.33. The molecule has 3 nitrogen and oxygen atoms in total. The number of H-pyrrole nitrogens is 1. The highest BCUT2D eigenvalue weighted by molar-refractivity contribution is 6.45. The van der Waals surface area contributed by atoms with Crippen molar-refractivity contribution in [2.45, 2.75) is 33.1 Å². The third-order valence-corrected chi connectivity index (χ3v) is 4.14. The summed E-state index contributed by atoms with van der Waals surface area (Å²) in [5, 5.41) is 2.16. The zero-order valence-corrected chi connectivity index (χ0v) is 13.1. The van der Waals surface area contributed by atoms with Gasteiger partial charge in [-0.1, -0.05) is 29.3 Å². The fourth-order valence-corrected chi connectivity index (χ4v) is 2.65. The van der Waals surface area contributed by atoms with E-state index >= 15 is 0 Å². The largest absolute Gasteiger partial charge is 0.466 e. The van der Waals surface area contributed by atoms with Crippen LogP contribution in [0.3, 0.4) is 0 Å². The number of hydrogen-bond acceptors (Lipinski definition) is 2. The molecule has 1 aromatic carbocycles. The second-order valence-electron chi connectivity index (χ2n) is 4.67. The summed E-state index contributed by atoms with van der Waals surface area (Å²) < 4.78 is 4.92. The number of benzene rings is 1. The quantitative estimate of drug-likeness (QED) is 0.815. The molecule has 0 atom stereocenters. The molecule has 1 N–H and O–H groups in total. The van der Waals surface area contributed by atoms with Gasteiger partial charge in [-0.05, 0) is 38.3 Å². The predicted octanol–water partition coefficient (Wildman–Crippen LogP) is 4.67. The van der Waals surface area contributed by atoms with Crippen LogP contribution in [-0.2, 0) is 16.0 Å². The third-order valence-electron chi connectivity index (χ3n) is 3.34. The first-order chi connectivity index (χ1) is 9.54. The fourth-order valence-electron chi connectivity index (χ4n) is 2.29. The summed E-state index contributed by atoms with van der Waals surface area (Å²) in [6.45, 7) is 4.28. The number of ether oxygens (including phenoxy) is 1. The number of nitrogens with one attached hydrogen (secondary N) is 1. The van der Waals surface area contributed by atoms with Crippen molar-refractivity contribution in [2.75, 3.05) is 6.61 Å². The highest BCUT2D eigenvalue weighted by atomic mass is 35.5. The molecular formula is C15H17Cl2NO2. The summed E-state index contributed by atoms with van der Waals surface area (Å²) in [6, 6.07) is 3.76. The molecule has 20 heavy (non-hydrogen) atoms. The predicted molar refractivity (Wildman–Crippen MR) is 82.6 cm³/mol. The van der Waals surface area contributed by atoms with Gasteiger partial charge in [0.25, 0.3) is 0 Å². The molecular weight excluding hydrogens is 297 g/mol. The zero-order valence-electron chi connectivity index (χ0n) is 11.6. The summed E-state index contributed by atoms with van der Waals surface area (Å²) in [6.07, 6.45) is 1.96. The van der Waals surface area contributed by atoms with E-state index < -0.39 is 0 Å². The van der Waals surface area contributed by atoms with Gasteiger partial charge in [0, 0.05) is 17.5 Å². The minimum absolute atomic E-state index is 0.151. The van der Waals surface area contributed by atoms with Crippen LogP contribution in [0, 0.1) is 6.92 Å². The molecule has 2 aromatic rings. The lowest BCUT2D eigenvalue weighted by molar-refractivity contribution is -0.143. The molecule has 108 valence electrons. The van der Waals surface area contributed by atoms with Crippen LogP contribution in [-0.4, -0.2) is 17.6 Å². The fraction of sp³-hybridized carbons (Fsp3) is 0.400. The number of carbonyl (C=O) groups excluding carboxylic acids is 1. The molecule has 0 amide bonds. The Morgan fingerprint density at radius 2 is 2.10 bits per heavy atom. The Kier molecular flexibility index (Phi) is 4.95. The summed E-state index contributed by atoms with van der Waals surface area (Å²) in [5.74, 6) is -0.151. The van der Waals surface area contributed by atoms with Gasteiger partial charge in [0.05, 0.1) is 22.2 Å². The second kappa shape index (κ2) is 6.51. The number of fused-ring (bicyclic) bond motifs is 1. The number of esters is 1. The molecule has 0 bridgehead atoms. The summed E-state index contributed by atoms with van der Waals surface area (Å²) in [5.41, 5.74) is 3.11. The normalized spacial score (nSPS) is 11.0. The molecule has 0 aliphatic heterocycles. The summed E-state index contributed by atoms with van der Waals surface area (Å²) in [4.78, 5) is 14.6. The minimum Gasteiger partial charge on any atom is -0.466 e. The number of aromatic nitrogens is 1. The molecule has 0 aliphatic rings. The van der Waals surface area contributed by atoms with Gasteiger partial charge >= 0.3 is 5.97 Å². The van der Waals surface area contributed by atoms with E-state index in [2.05, 4.69) is 4.98 Å². The Bertz CT molecular complexity index is 634. The monoisotopic (exact) mass is 313 g/mol. The van der Waals surface area contributed by atoms with Crippen molar-refractivity contribution < 1.29 is 9.53 Å². The van der Waals surface area contributed by atoms with Crippen LogP contribution in [0.2, 0.25) is 10.0 Å². The van der Waals surface area contributed by atoms with Gasteiger partial charge < -0.3 is 9.72 Å². The minimum atomic E-state index is -0.151. The number of aryl methyl sites for hydroxylation is 2. The molecule has 2 rings (SSSR count). The Morgan fingerprint density at radius 1 is 1.35 bits per heavy atom. The topological polar surface area (TPSA) is 42.1 Å². The average molecular weight is 314 g/mol. The van der Waals surface area contributed by atoms with Gasteiger partial charge in [0.15, 0.2) is 0 Å². The molecule has 0 radical (unpaired) electrons. The van der Waals surface area contributed by atoms with E-state index in [0.717, 1.165) is 35.0 Å². The molecule has 1 aromatic heterocycles. The van der Waals surface area contributed by atoms with Crippen molar-refractivity contribution in [1.29, 1.82) is 0 Å². The lowest BCUT2D eigenvalue weighted by Gasteiger charge is -2.01. The number of rotatable bonds is 5. The standard InChI is InChI=1S/C15H17Cl2NO2/c1-3-20-13(19)6-4-5-12-9(2)10-7-8-11(16)14(17)15(10)18-12/h7-8,18H,3-6H2,1-2H3. The number of hydrogen-bond donors (Lipinski definition) is 1. The van der Waals surface area contributed by atoms with Crippen molar-refractivity contribution in [1.82, 2.24) is 4.98 Å². The van der Waals surface area contributed by atoms with Crippen LogP contribution in [0.15, 0.2) is 12.1 Å². The van der Waals surface area contributed by atoms with Crippen LogP contribution in [0.4, 0.5) is 0 Å². The Hall–Kier alpha value is -1.19. The van der Waals surface area contributed by atoms with Gasteiger partial charge in [-0.3, -0.25) is 4.79 Å². The van der Waals surface area contributed by atoms with E-state index in [9.17, 15) is 4.79 Å². The lowest BCUT2D eigenvalue weighted by atomic mass is 10.1. The van der Waals surface area contributed by atoms with E-state index in [1.807, 2.05) is 19.9 Å². The molecule has 0 fully saturated rings. The smallest absolute Gasteiger partial charge is 0.305 e. The molecule has 5 heteroatoms. The molecule has 0 saturated heterocycles. The molecule has 0 unspecified atom stereocenters.